The normalized spacial score (nSPS) is 14.7. The van der Waals surface area contributed by atoms with Gasteiger partial charge in [0.25, 0.3) is 0 Å². The molecule has 1 aromatic heterocycles. The van der Waals surface area contributed by atoms with Crippen LogP contribution in [0, 0.1) is 0 Å². The fourth-order valence-corrected chi connectivity index (χ4v) is 3.19. The van der Waals surface area contributed by atoms with Crippen LogP contribution in [0.5, 0.6) is 11.5 Å². The van der Waals surface area contributed by atoms with Crippen molar-refractivity contribution in [1.82, 2.24) is 25.4 Å². The highest BCUT2D eigenvalue weighted by molar-refractivity contribution is 5.75. The van der Waals surface area contributed by atoms with E-state index in [9.17, 15) is 4.79 Å². The first-order valence-electron chi connectivity index (χ1n) is 9.51. The van der Waals surface area contributed by atoms with Crippen LogP contribution in [0.2, 0.25) is 0 Å². The van der Waals surface area contributed by atoms with Gasteiger partial charge in [-0.15, -0.1) is 0 Å². The van der Waals surface area contributed by atoms with Crippen molar-refractivity contribution in [3.05, 3.63) is 66.2 Å². The van der Waals surface area contributed by atoms with Crippen LogP contribution in [-0.4, -0.2) is 34.0 Å². The first kappa shape index (κ1) is 18.8. The van der Waals surface area contributed by atoms with Gasteiger partial charge < -0.3 is 20.1 Å². The average Bonchev–Trinajstić information content (AvgIpc) is 3.28. The van der Waals surface area contributed by atoms with Gasteiger partial charge in [-0.25, -0.2) is 14.5 Å². The molecular weight excluding hydrogens is 370 g/mol. The second-order valence-electron chi connectivity index (χ2n) is 6.90. The maximum absolute atomic E-state index is 12.5. The molecule has 2 aromatic carbocycles. The minimum Gasteiger partial charge on any atom is -0.486 e. The molecule has 2 amide bonds. The van der Waals surface area contributed by atoms with Crippen molar-refractivity contribution in [2.45, 2.75) is 25.9 Å². The summed E-state index contributed by atoms with van der Waals surface area (Å²) in [6.07, 6.45) is 3.13. The molecule has 29 heavy (non-hydrogen) atoms. The van der Waals surface area contributed by atoms with Crippen molar-refractivity contribution in [2.24, 2.45) is 0 Å². The zero-order valence-corrected chi connectivity index (χ0v) is 16.3. The van der Waals surface area contributed by atoms with Crippen LogP contribution in [0.1, 0.15) is 37.1 Å². The largest absolute Gasteiger partial charge is 0.486 e. The zero-order chi connectivity index (χ0) is 20.2. The van der Waals surface area contributed by atoms with Crippen LogP contribution in [0.3, 0.4) is 0 Å². The molecule has 0 radical (unpaired) electrons. The maximum atomic E-state index is 12.5. The number of carbonyl (C=O) groups is 1. The van der Waals surface area contributed by atoms with E-state index in [2.05, 4.69) is 20.7 Å². The first-order valence-corrected chi connectivity index (χ1v) is 9.51. The first-order chi connectivity index (χ1) is 14.1. The number of carbonyl (C=O) groups excluding carboxylic acids is 1. The number of hydrogen-bond donors (Lipinski definition) is 2. The van der Waals surface area contributed by atoms with Gasteiger partial charge in [-0.3, -0.25) is 0 Å². The zero-order valence-electron chi connectivity index (χ0n) is 16.3. The molecule has 4 rings (SSSR count). The Labute approximate surface area is 168 Å². The molecule has 150 valence electrons. The highest BCUT2D eigenvalue weighted by Gasteiger charge is 2.17. The second-order valence-corrected chi connectivity index (χ2v) is 6.90. The van der Waals surface area contributed by atoms with E-state index in [0.717, 1.165) is 22.6 Å². The van der Waals surface area contributed by atoms with Gasteiger partial charge in [0.05, 0.1) is 17.8 Å². The van der Waals surface area contributed by atoms with Crippen LogP contribution in [0.4, 0.5) is 4.79 Å². The van der Waals surface area contributed by atoms with E-state index in [0.29, 0.717) is 19.0 Å². The third-order valence-corrected chi connectivity index (χ3v) is 4.84. The minimum absolute atomic E-state index is 0.146. The number of urea groups is 1. The molecule has 0 fully saturated rings. The minimum atomic E-state index is -0.236. The Bertz CT molecular complexity index is 972. The molecule has 1 aliphatic heterocycles. The molecule has 8 nitrogen and oxygen atoms in total. The Morgan fingerprint density at radius 3 is 2.31 bits per heavy atom. The van der Waals surface area contributed by atoms with Crippen LogP contribution in [-0.2, 0) is 0 Å². The van der Waals surface area contributed by atoms with Crippen molar-refractivity contribution in [1.29, 1.82) is 0 Å². The van der Waals surface area contributed by atoms with Crippen LogP contribution >= 0.6 is 0 Å². The van der Waals surface area contributed by atoms with E-state index in [-0.39, 0.29) is 18.1 Å². The molecule has 0 bridgehead atoms. The van der Waals surface area contributed by atoms with Gasteiger partial charge in [-0.2, -0.15) is 5.10 Å². The summed E-state index contributed by atoms with van der Waals surface area (Å²) in [4.78, 5) is 16.4. The number of nitrogens with zero attached hydrogens (tertiary/aromatic N) is 3. The van der Waals surface area contributed by atoms with E-state index >= 15 is 0 Å². The van der Waals surface area contributed by atoms with Crippen LogP contribution in [0.15, 0.2) is 55.1 Å². The number of ether oxygens (including phenoxy) is 2. The van der Waals surface area contributed by atoms with Gasteiger partial charge in [0.1, 0.15) is 25.9 Å². The molecule has 2 unspecified atom stereocenters. The SMILES string of the molecule is CC(NC(=O)NC(C)c1ccc2c(c1)OCCO2)c1ccc(-n2cncn2)cc1. The standard InChI is InChI=1S/C21H23N5O3/c1-14(16-3-6-18(7-4-16)26-13-22-12-23-26)24-21(27)25-15(2)17-5-8-19-20(11-17)29-10-9-28-19/h3-8,11-15H,9-10H2,1-2H3,(H2,24,25,27). The smallest absolute Gasteiger partial charge is 0.315 e. The number of nitrogens with one attached hydrogen (secondary N) is 2. The molecular formula is C21H23N5O3. The van der Waals surface area contributed by atoms with E-state index < -0.39 is 0 Å². The fraction of sp³-hybridized carbons (Fsp3) is 0.286. The Hall–Kier alpha value is -3.55. The lowest BCUT2D eigenvalue weighted by molar-refractivity contribution is 0.171. The molecule has 0 saturated heterocycles. The lowest BCUT2D eigenvalue weighted by Crippen LogP contribution is -2.38. The van der Waals surface area contributed by atoms with Crippen molar-refractivity contribution in [2.75, 3.05) is 13.2 Å². The highest BCUT2D eigenvalue weighted by atomic mass is 16.6. The Kier molecular flexibility index (Phi) is 5.33. The van der Waals surface area contributed by atoms with Gasteiger partial charge >= 0.3 is 6.03 Å². The van der Waals surface area contributed by atoms with Crippen molar-refractivity contribution in [3.63, 3.8) is 0 Å². The Morgan fingerprint density at radius 1 is 0.966 bits per heavy atom. The summed E-state index contributed by atoms with van der Waals surface area (Å²) >= 11 is 0. The van der Waals surface area contributed by atoms with E-state index in [1.165, 1.54) is 6.33 Å². The third-order valence-electron chi connectivity index (χ3n) is 4.84. The molecule has 0 spiro atoms. The molecule has 1 aliphatic rings. The summed E-state index contributed by atoms with van der Waals surface area (Å²) in [7, 11) is 0. The number of fused-ring (bicyclic) bond motifs is 1. The third kappa shape index (κ3) is 4.31. The Balaban J connectivity index is 1.35. The summed E-state index contributed by atoms with van der Waals surface area (Å²) in [5.41, 5.74) is 2.86. The monoisotopic (exact) mass is 393 g/mol. The number of amides is 2. The summed E-state index contributed by atoms with van der Waals surface area (Å²) in [6.45, 7) is 4.97. The summed E-state index contributed by atoms with van der Waals surface area (Å²) < 4.78 is 12.8. The van der Waals surface area contributed by atoms with Crippen molar-refractivity contribution >= 4 is 6.03 Å². The molecule has 3 aromatic rings. The fourth-order valence-electron chi connectivity index (χ4n) is 3.19. The molecule has 2 atom stereocenters. The average molecular weight is 393 g/mol. The molecule has 0 aliphatic carbocycles. The lowest BCUT2D eigenvalue weighted by Gasteiger charge is -2.22. The van der Waals surface area contributed by atoms with E-state index in [1.54, 1.807) is 11.0 Å². The molecule has 8 heteroatoms. The summed E-state index contributed by atoms with van der Waals surface area (Å²) in [5.74, 6) is 1.45. The quantitative estimate of drug-likeness (QED) is 0.695. The van der Waals surface area contributed by atoms with Gasteiger partial charge in [-0.05, 0) is 49.2 Å². The van der Waals surface area contributed by atoms with Gasteiger partial charge in [0, 0.05) is 0 Å². The van der Waals surface area contributed by atoms with Crippen LogP contribution < -0.4 is 20.1 Å². The molecule has 2 heterocycles. The predicted molar refractivity (Wildman–Crippen MR) is 107 cm³/mol. The molecule has 0 saturated carbocycles. The highest BCUT2D eigenvalue weighted by Crippen LogP contribution is 2.32. The molecule has 2 N–H and O–H groups in total. The topological polar surface area (TPSA) is 90.3 Å². The number of benzene rings is 2. The predicted octanol–water partition coefficient (Wildman–Crippen LogP) is 3.16. The van der Waals surface area contributed by atoms with Crippen molar-refractivity contribution in [3.8, 4) is 17.2 Å². The van der Waals surface area contributed by atoms with Gasteiger partial charge in [-0.1, -0.05) is 18.2 Å². The van der Waals surface area contributed by atoms with Crippen LogP contribution in [0.25, 0.3) is 5.69 Å². The number of aromatic nitrogens is 3. The van der Waals surface area contributed by atoms with Crippen molar-refractivity contribution < 1.29 is 14.3 Å². The Morgan fingerprint density at radius 2 is 1.62 bits per heavy atom. The number of hydrogen-bond acceptors (Lipinski definition) is 5. The van der Waals surface area contributed by atoms with E-state index in [1.807, 2.05) is 56.3 Å². The summed E-state index contributed by atoms with van der Waals surface area (Å²) in [5, 5.41) is 10.0. The van der Waals surface area contributed by atoms with E-state index in [4.69, 9.17) is 9.47 Å². The summed E-state index contributed by atoms with van der Waals surface area (Å²) in [6, 6.07) is 13.0. The number of rotatable bonds is 5. The second kappa shape index (κ2) is 8.22. The van der Waals surface area contributed by atoms with Gasteiger partial charge in [0.2, 0.25) is 0 Å². The lowest BCUT2D eigenvalue weighted by atomic mass is 10.1. The van der Waals surface area contributed by atoms with Gasteiger partial charge in [0.15, 0.2) is 11.5 Å². The maximum Gasteiger partial charge on any atom is 0.315 e.